The van der Waals surface area contributed by atoms with Crippen molar-refractivity contribution < 1.29 is 19.1 Å². The molecule has 234 valence electrons. The SMILES string of the molecule is C[C@@H]1Oc2cc(N3CCCC3=O)ccc2-c2cnc(Nc3cncc(N4CCN(Cc5cccc(NC(=O)CN)c5)C4=O)c3)cc21. The first-order valence-corrected chi connectivity index (χ1v) is 15.3. The average Bonchev–Trinajstić information content (AvgIpc) is 3.66. The molecule has 0 bridgehead atoms. The zero-order valence-electron chi connectivity index (χ0n) is 25.4. The summed E-state index contributed by atoms with van der Waals surface area (Å²) in [6.45, 7) is 4.11. The lowest BCUT2D eigenvalue weighted by Gasteiger charge is -2.28. The van der Waals surface area contributed by atoms with Crippen LogP contribution in [0.1, 0.15) is 37.0 Å². The number of carbonyl (C=O) groups excluding carboxylic acids is 3. The summed E-state index contributed by atoms with van der Waals surface area (Å²) in [5.74, 6) is 1.24. The van der Waals surface area contributed by atoms with Gasteiger partial charge in [0.05, 0.1) is 30.3 Å². The van der Waals surface area contributed by atoms with Crippen molar-refractivity contribution in [1.29, 1.82) is 0 Å². The first-order chi connectivity index (χ1) is 22.4. The molecule has 2 fully saturated rings. The highest BCUT2D eigenvalue weighted by Gasteiger charge is 2.31. The molecule has 12 nitrogen and oxygen atoms in total. The number of hydrogen-bond donors (Lipinski definition) is 3. The van der Waals surface area contributed by atoms with E-state index in [1.54, 1.807) is 28.3 Å². The quantitative estimate of drug-likeness (QED) is 0.255. The molecule has 0 spiro atoms. The number of urea groups is 1. The maximum atomic E-state index is 13.4. The van der Waals surface area contributed by atoms with Gasteiger partial charge in [-0.1, -0.05) is 12.1 Å². The Morgan fingerprint density at radius 3 is 2.67 bits per heavy atom. The van der Waals surface area contributed by atoms with E-state index < -0.39 is 0 Å². The maximum Gasteiger partial charge on any atom is 0.324 e. The molecule has 4 N–H and O–H groups in total. The van der Waals surface area contributed by atoms with Crippen LogP contribution in [-0.4, -0.2) is 58.9 Å². The van der Waals surface area contributed by atoms with Crippen LogP contribution in [0.25, 0.3) is 11.1 Å². The maximum absolute atomic E-state index is 13.4. The molecule has 3 aliphatic rings. The molecule has 1 atom stereocenters. The van der Waals surface area contributed by atoms with Crippen molar-refractivity contribution in [2.24, 2.45) is 5.73 Å². The van der Waals surface area contributed by atoms with E-state index in [4.69, 9.17) is 10.5 Å². The fourth-order valence-electron chi connectivity index (χ4n) is 6.22. The van der Waals surface area contributed by atoms with E-state index in [2.05, 4.69) is 20.6 Å². The standard InChI is InChI=1S/C34H34N8O4/c1-21-28-15-31(37-19-29(28)27-8-7-25(14-30(27)46-21)41-9-3-6-33(41)44)38-24-13-26(18-36-17-24)42-11-10-40(34(42)45)20-22-4-2-5-23(12-22)39-32(43)16-35/h2,4-5,7-8,12-15,17-19,21H,3,6,9-11,16,20,35H2,1H3,(H,37,38)(H,39,43)/t21-/m0/s1. The van der Waals surface area contributed by atoms with E-state index in [0.29, 0.717) is 48.9 Å². The molecular weight excluding hydrogens is 584 g/mol. The number of hydrogen-bond acceptors (Lipinski definition) is 8. The van der Waals surface area contributed by atoms with E-state index in [9.17, 15) is 14.4 Å². The predicted octanol–water partition coefficient (Wildman–Crippen LogP) is 4.81. The second-order valence-corrected chi connectivity index (χ2v) is 11.6. The third-order valence-electron chi connectivity index (χ3n) is 8.49. The number of ether oxygens (including phenoxy) is 1. The Labute approximate surface area is 266 Å². The number of rotatable bonds is 8. The predicted molar refractivity (Wildman–Crippen MR) is 175 cm³/mol. The van der Waals surface area contributed by atoms with E-state index >= 15 is 0 Å². The van der Waals surface area contributed by atoms with Gasteiger partial charge in [-0.15, -0.1) is 0 Å². The van der Waals surface area contributed by atoms with E-state index in [0.717, 1.165) is 46.7 Å². The van der Waals surface area contributed by atoms with Gasteiger partial charge in [-0.25, -0.2) is 9.78 Å². The molecule has 0 unspecified atom stereocenters. The Balaban J connectivity index is 1.04. The molecule has 4 aromatic rings. The number of pyridine rings is 2. The van der Waals surface area contributed by atoms with Gasteiger partial charge in [-0.05, 0) is 55.3 Å². The molecule has 0 aliphatic carbocycles. The molecule has 2 aromatic heterocycles. The van der Waals surface area contributed by atoms with Gasteiger partial charge >= 0.3 is 6.03 Å². The van der Waals surface area contributed by atoms with E-state index in [1.165, 1.54) is 0 Å². The number of nitrogens with zero attached hydrogens (tertiary/aromatic N) is 5. The summed E-state index contributed by atoms with van der Waals surface area (Å²) in [7, 11) is 0. The van der Waals surface area contributed by atoms with E-state index in [-0.39, 0.29) is 30.5 Å². The van der Waals surface area contributed by atoms with Crippen LogP contribution in [0.5, 0.6) is 5.75 Å². The minimum absolute atomic E-state index is 0.0963. The molecule has 46 heavy (non-hydrogen) atoms. The first kappa shape index (κ1) is 29.2. The highest BCUT2D eigenvalue weighted by atomic mass is 16.5. The molecule has 7 rings (SSSR count). The molecule has 2 aromatic carbocycles. The average molecular weight is 619 g/mol. The zero-order valence-corrected chi connectivity index (χ0v) is 25.4. The van der Waals surface area contributed by atoms with Crippen molar-refractivity contribution in [1.82, 2.24) is 14.9 Å². The fraction of sp³-hybridized carbons (Fsp3) is 0.265. The second kappa shape index (κ2) is 12.1. The fourth-order valence-corrected chi connectivity index (χ4v) is 6.22. The van der Waals surface area contributed by atoms with E-state index in [1.807, 2.05) is 66.6 Å². The van der Waals surface area contributed by atoms with Crippen LogP contribution in [0.15, 0.2) is 73.2 Å². The van der Waals surface area contributed by atoms with Gasteiger partial charge in [0.15, 0.2) is 0 Å². The van der Waals surface area contributed by atoms with Crippen LogP contribution in [-0.2, 0) is 16.1 Å². The number of carbonyl (C=O) groups is 3. The second-order valence-electron chi connectivity index (χ2n) is 11.6. The molecule has 4 amide bonds. The number of nitrogens with two attached hydrogens (primary N) is 1. The van der Waals surface area contributed by atoms with Crippen LogP contribution in [0.2, 0.25) is 0 Å². The largest absolute Gasteiger partial charge is 0.485 e. The summed E-state index contributed by atoms with van der Waals surface area (Å²) in [5.41, 5.74) is 12.1. The highest BCUT2D eigenvalue weighted by molar-refractivity contribution is 5.96. The molecule has 0 saturated carbocycles. The number of amides is 4. The number of fused-ring (bicyclic) bond motifs is 3. The summed E-state index contributed by atoms with van der Waals surface area (Å²) in [4.78, 5) is 51.7. The van der Waals surface area contributed by atoms with Gasteiger partial charge in [0.25, 0.3) is 0 Å². The van der Waals surface area contributed by atoms with Crippen molar-refractivity contribution in [3.63, 3.8) is 0 Å². The van der Waals surface area contributed by atoms with Gasteiger partial charge in [0.1, 0.15) is 17.7 Å². The normalized spacial score (nSPS) is 17.1. The monoisotopic (exact) mass is 618 g/mol. The van der Waals surface area contributed by atoms with Crippen molar-refractivity contribution in [2.45, 2.75) is 32.4 Å². The van der Waals surface area contributed by atoms with Crippen molar-refractivity contribution in [3.05, 3.63) is 84.3 Å². The minimum atomic E-state index is -0.272. The molecule has 3 aliphatic heterocycles. The summed E-state index contributed by atoms with van der Waals surface area (Å²) in [6, 6.07) is 17.0. The molecule has 12 heteroatoms. The molecule has 5 heterocycles. The Kier molecular flexibility index (Phi) is 7.71. The lowest BCUT2D eigenvalue weighted by molar-refractivity contribution is -0.117. The number of benzene rings is 2. The van der Waals surface area contributed by atoms with Crippen LogP contribution in [0.3, 0.4) is 0 Å². The number of anilines is 5. The topological polar surface area (TPSA) is 146 Å². The van der Waals surface area contributed by atoms with Crippen molar-refractivity contribution in [3.8, 4) is 16.9 Å². The number of aromatic nitrogens is 2. The minimum Gasteiger partial charge on any atom is -0.485 e. The molecular formula is C34H34N8O4. The zero-order chi connectivity index (χ0) is 31.8. The Morgan fingerprint density at radius 1 is 0.957 bits per heavy atom. The third kappa shape index (κ3) is 5.70. The smallest absolute Gasteiger partial charge is 0.324 e. The van der Waals surface area contributed by atoms with Crippen LogP contribution in [0, 0.1) is 0 Å². The van der Waals surface area contributed by atoms with Crippen LogP contribution >= 0.6 is 0 Å². The van der Waals surface area contributed by atoms with Gasteiger partial charge in [0.2, 0.25) is 11.8 Å². The Bertz CT molecular complexity index is 1850. The van der Waals surface area contributed by atoms with Gasteiger partial charge < -0.3 is 30.9 Å². The highest BCUT2D eigenvalue weighted by Crippen LogP contribution is 2.44. The third-order valence-corrected chi connectivity index (χ3v) is 8.49. The van der Waals surface area contributed by atoms with Gasteiger partial charge in [-0.2, -0.15) is 0 Å². The van der Waals surface area contributed by atoms with Crippen LogP contribution < -0.4 is 30.9 Å². The molecule has 0 radical (unpaired) electrons. The lowest BCUT2D eigenvalue weighted by atomic mass is 9.94. The van der Waals surface area contributed by atoms with Crippen molar-refractivity contribution in [2.75, 3.05) is 46.6 Å². The number of nitrogens with one attached hydrogen (secondary N) is 2. The summed E-state index contributed by atoms with van der Waals surface area (Å²) in [6.07, 6.45) is 6.44. The van der Waals surface area contributed by atoms with Gasteiger partial charge in [-0.3, -0.25) is 19.5 Å². The Morgan fingerprint density at radius 2 is 1.85 bits per heavy atom. The summed E-state index contributed by atoms with van der Waals surface area (Å²) >= 11 is 0. The summed E-state index contributed by atoms with van der Waals surface area (Å²) in [5, 5.41) is 6.09. The van der Waals surface area contributed by atoms with Crippen LogP contribution in [0.4, 0.5) is 33.4 Å². The summed E-state index contributed by atoms with van der Waals surface area (Å²) < 4.78 is 6.30. The first-order valence-electron chi connectivity index (χ1n) is 15.3. The Hall–Kier alpha value is -5.49. The lowest BCUT2D eigenvalue weighted by Crippen LogP contribution is -2.31. The molecule has 2 saturated heterocycles. The van der Waals surface area contributed by atoms with Gasteiger partial charge in [0, 0.05) is 72.9 Å². The van der Waals surface area contributed by atoms with Crippen molar-refractivity contribution >= 4 is 46.4 Å².